The topological polar surface area (TPSA) is 101 Å². The summed E-state index contributed by atoms with van der Waals surface area (Å²) < 4.78 is 38.0. The lowest BCUT2D eigenvalue weighted by atomic mass is 10.1. The highest BCUT2D eigenvalue weighted by Crippen LogP contribution is 2.31. The molecule has 1 aliphatic heterocycles. The van der Waals surface area contributed by atoms with Gasteiger partial charge in [-0.25, -0.2) is 8.42 Å². The predicted octanol–water partition coefficient (Wildman–Crippen LogP) is 2.93. The molecule has 1 aliphatic rings. The first-order chi connectivity index (χ1) is 14.5. The molecule has 9 heteroatoms. The number of oxime groups is 1. The second-order valence-electron chi connectivity index (χ2n) is 6.66. The van der Waals surface area contributed by atoms with E-state index >= 15 is 0 Å². The van der Waals surface area contributed by atoms with E-state index < -0.39 is 10.0 Å². The third kappa shape index (κ3) is 4.90. The summed E-state index contributed by atoms with van der Waals surface area (Å²) in [4.78, 5) is 5.49. The molecule has 0 atom stereocenters. The van der Waals surface area contributed by atoms with Crippen LogP contribution in [0.25, 0.3) is 0 Å². The van der Waals surface area contributed by atoms with Crippen molar-refractivity contribution in [3.8, 4) is 17.6 Å². The number of nitriles is 1. The van der Waals surface area contributed by atoms with Crippen molar-refractivity contribution in [1.29, 1.82) is 5.26 Å². The lowest BCUT2D eigenvalue weighted by molar-refractivity contribution is 0.128. The van der Waals surface area contributed by atoms with Gasteiger partial charge in [0.2, 0.25) is 10.0 Å². The van der Waals surface area contributed by atoms with Gasteiger partial charge in [0.05, 0.1) is 31.6 Å². The molecule has 0 amide bonds. The van der Waals surface area contributed by atoms with E-state index in [0.29, 0.717) is 37.2 Å². The molecule has 1 heterocycles. The van der Waals surface area contributed by atoms with Crippen molar-refractivity contribution in [2.45, 2.75) is 24.3 Å². The zero-order chi connectivity index (χ0) is 21.6. The average molecular weight is 429 g/mol. The van der Waals surface area contributed by atoms with Crippen LogP contribution in [-0.4, -0.2) is 45.7 Å². The molecule has 0 saturated carbocycles. The minimum atomic E-state index is -3.73. The number of methoxy groups -OCH3 is 2. The number of benzene rings is 2. The van der Waals surface area contributed by atoms with Crippen LogP contribution >= 0.6 is 0 Å². The van der Waals surface area contributed by atoms with Gasteiger partial charge in [0.1, 0.15) is 23.0 Å². The molecule has 2 aromatic carbocycles. The summed E-state index contributed by atoms with van der Waals surface area (Å²) in [6.45, 7) is 0.853. The summed E-state index contributed by atoms with van der Waals surface area (Å²) in [5.74, 6) is 0.723. The van der Waals surface area contributed by atoms with E-state index in [-0.39, 0.29) is 17.3 Å². The van der Waals surface area contributed by atoms with Crippen LogP contribution in [0.15, 0.2) is 52.5 Å². The minimum absolute atomic E-state index is 0.0818. The van der Waals surface area contributed by atoms with Crippen molar-refractivity contribution in [2.75, 3.05) is 27.3 Å². The molecule has 0 aromatic heterocycles. The Morgan fingerprint density at radius 3 is 2.53 bits per heavy atom. The van der Waals surface area contributed by atoms with Crippen LogP contribution in [0.5, 0.6) is 11.5 Å². The average Bonchev–Trinajstić information content (AvgIpc) is 2.79. The van der Waals surface area contributed by atoms with Gasteiger partial charge in [0.25, 0.3) is 0 Å². The van der Waals surface area contributed by atoms with Crippen LogP contribution in [0.4, 0.5) is 0 Å². The molecule has 1 fully saturated rings. The van der Waals surface area contributed by atoms with Crippen molar-refractivity contribution in [2.24, 2.45) is 5.16 Å². The zero-order valence-corrected chi connectivity index (χ0v) is 17.7. The van der Waals surface area contributed by atoms with Crippen LogP contribution in [0.2, 0.25) is 0 Å². The van der Waals surface area contributed by atoms with Crippen LogP contribution in [0.1, 0.15) is 24.0 Å². The molecule has 158 valence electrons. The quantitative estimate of drug-likeness (QED) is 0.627. The van der Waals surface area contributed by atoms with Crippen molar-refractivity contribution in [1.82, 2.24) is 4.31 Å². The summed E-state index contributed by atoms with van der Waals surface area (Å²) in [6.07, 6.45) is 0.952. The number of piperidine rings is 1. The zero-order valence-electron chi connectivity index (χ0n) is 16.9. The van der Waals surface area contributed by atoms with Gasteiger partial charge in [-0.2, -0.15) is 9.57 Å². The van der Waals surface area contributed by atoms with Crippen LogP contribution in [0.3, 0.4) is 0 Å². The largest absolute Gasteiger partial charge is 0.497 e. The van der Waals surface area contributed by atoms with Gasteiger partial charge in [0, 0.05) is 32.0 Å². The van der Waals surface area contributed by atoms with Gasteiger partial charge in [-0.15, -0.1) is 0 Å². The second-order valence-corrected chi connectivity index (χ2v) is 8.57. The first-order valence-corrected chi connectivity index (χ1v) is 10.8. The summed E-state index contributed by atoms with van der Waals surface area (Å²) in [5.41, 5.74) is 2.22. The first-order valence-electron chi connectivity index (χ1n) is 9.37. The van der Waals surface area contributed by atoms with Crippen LogP contribution in [-0.2, 0) is 21.5 Å². The van der Waals surface area contributed by atoms with Crippen molar-refractivity contribution in [3.63, 3.8) is 0 Å². The number of sulfonamides is 1. The maximum absolute atomic E-state index is 13.1. The van der Waals surface area contributed by atoms with E-state index in [1.54, 1.807) is 30.3 Å². The van der Waals surface area contributed by atoms with Gasteiger partial charge in [-0.05, 0) is 29.8 Å². The maximum Gasteiger partial charge on any atom is 0.246 e. The van der Waals surface area contributed by atoms with Gasteiger partial charge >= 0.3 is 0 Å². The van der Waals surface area contributed by atoms with Gasteiger partial charge < -0.3 is 14.3 Å². The van der Waals surface area contributed by atoms with Crippen molar-refractivity contribution >= 4 is 15.7 Å². The van der Waals surface area contributed by atoms with Crippen LogP contribution < -0.4 is 9.47 Å². The lowest BCUT2D eigenvalue weighted by Crippen LogP contribution is -2.38. The van der Waals surface area contributed by atoms with Gasteiger partial charge in [-0.1, -0.05) is 17.3 Å². The van der Waals surface area contributed by atoms with Gasteiger partial charge in [0.15, 0.2) is 0 Å². The molecule has 0 unspecified atom stereocenters. The molecule has 0 radical (unpaired) electrons. The normalized spacial score (nSPS) is 14.6. The Morgan fingerprint density at radius 2 is 1.87 bits per heavy atom. The molecule has 1 saturated heterocycles. The van der Waals surface area contributed by atoms with Crippen molar-refractivity contribution in [3.05, 3.63) is 53.6 Å². The first kappa shape index (κ1) is 21.6. The second kappa shape index (κ2) is 9.61. The number of hydrogen-bond acceptors (Lipinski definition) is 7. The molecule has 30 heavy (non-hydrogen) atoms. The molecular weight excluding hydrogens is 406 g/mol. The Kier molecular flexibility index (Phi) is 6.92. The Morgan fingerprint density at radius 1 is 1.10 bits per heavy atom. The predicted molar refractivity (Wildman–Crippen MR) is 111 cm³/mol. The van der Waals surface area contributed by atoms with Gasteiger partial charge in [-0.3, -0.25) is 0 Å². The summed E-state index contributed by atoms with van der Waals surface area (Å²) in [7, 11) is -0.810. The number of ether oxygens (including phenoxy) is 2. The monoisotopic (exact) mass is 429 g/mol. The third-order valence-electron chi connectivity index (χ3n) is 4.77. The molecule has 0 spiro atoms. The fourth-order valence-corrected chi connectivity index (χ4v) is 4.74. The van der Waals surface area contributed by atoms with Crippen LogP contribution in [0, 0.1) is 11.3 Å². The molecule has 8 nitrogen and oxygen atoms in total. The standard InChI is InChI=1S/C21H23N3O5S/c1-27-19-6-7-20(28-2)21(13-19)30(25,26)24-10-8-18(9-11-24)23-29-15-17-5-3-4-16(12-17)14-22/h3-7,12-13H,8-11,15H2,1-2H3. The summed E-state index contributed by atoms with van der Waals surface area (Å²) in [6, 6.07) is 13.9. The molecule has 0 bridgehead atoms. The van der Waals surface area contributed by atoms with E-state index in [1.165, 1.54) is 24.6 Å². The minimum Gasteiger partial charge on any atom is -0.497 e. The fraction of sp³-hybridized carbons (Fsp3) is 0.333. The SMILES string of the molecule is COc1ccc(OC)c(S(=O)(=O)N2CCC(=NOCc3cccc(C#N)c3)CC2)c1. The highest BCUT2D eigenvalue weighted by atomic mass is 32.2. The number of hydrogen-bond donors (Lipinski definition) is 0. The van der Waals surface area contributed by atoms with E-state index in [9.17, 15) is 8.42 Å². The van der Waals surface area contributed by atoms with Crippen molar-refractivity contribution < 1.29 is 22.7 Å². The maximum atomic E-state index is 13.1. The molecule has 0 N–H and O–H groups in total. The smallest absolute Gasteiger partial charge is 0.246 e. The number of rotatable bonds is 7. The summed E-state index contributed by atoms with van der Waals surface area (Å²) >= 11 is 0. The summed E-state index contributed by atoms with van der Waals surface area (Å²) in [5, 5.41) is 13.1. The lowest BCUT2D eigenvalue weighted by Gasteiger charge is -2.27. The third-order valence-corrected chi connectivity index (χ3v) is 6.69. The Hall–Kier alpha value is -3.09. The van der Waals surface area contributed by atoms with E-state index in [4.69, 9.17) is 19.6 Å². The Bertz CT molecular complexity index is 1070. The highest BCUT2D eigenvalue weighted by molar-refractivity contribution is 7.89. The Labute approximate surface area is 176 Å². The highest BCUT2D eigenvalue weighted by Gasteiger charge is 2.31. The fourth-order valence-electron chi connectivity index (χ4n) is 3.13. The van der Waals surface area contributed by atoms with E-state index in [1.807, 2.05) is 6.07 Å². The Balaban J connectivity index is 1.63. The van der Waals surface area contributed by atoms with E-state index in [2.05, 4.69) is 11.2 Å². The number of nitrogens with zero attached hydrogens (tertiary/aromatic N) is 3. The molecule has 3 rings (SSSR count). The van der Waals surface area contributed by atoms with E-state index in [0.717, 1.165) is 11.3 Å². The molecular formula is C21H23N3O5S. The molecule has 0 aliphatic carbocycles. The molecule has 2 aromatic rings.